The van der Waals surface area contributed by atoms with E-state index in [4.69, 9.17) is 10.6 Å². The van der Waals surface area contributed by atoms with Gasteiger partial charge < -0.3 is 5.73 Å². The van der Waals surface area contributed by atoms with Crippen LogP contribution in [0.5, 0.6) is 0 Å². The topological polar surface area (TPSA) is 38.5 Å². The van der Waals surface area contributed by atoms with Gasteiger partial charge in [-0.05, 0) is 50.5 Å². The monoisotopic (exact) mass is 222 g/mol. The lowest BCUT2D eigenvalue weighted by Crippen LogP contribution is -2.24. The summed E-state index contributed by atoms with van der Waals surface area (Å²) in [6.07, 6.45) is 0.968. The van der Waals surface area contributed by atoms with Gasteiger partial charge in [0.2, 0.25) is 0 Å². The van der Waals surface area contributed by atoms with Gasteiger partial charge in [-0.2, -0.15) is 0 Å². The normalized spacial score (nSPS) is 10.5. The molecule has 0 aliphatic heterocycles. The third-order valence-corrected chi connectivity index (χ3v) is 2.81. The fraction of sp³-hybridized carbons (Fsp3) is 0.538. The number of hydrogen-bond donors (Lipinski definition) is 1. The quantitative estimate of drug-likeness (QED) is 0.615. The molecule has 0 aromatic heterocycles. The predicted molar refractivity (Wildman–Crippen MR) is 69.6 cm³/mol. The maximum absolute atomic E-state index is 5.92. The zero-order chi connectivity index (χ0) is 12.1. The molecule has 0 fully saturated rings. The van der Waals surface area contributed by atoms with Gasteiger partial charge in [-0.15, -0.1) is 0 Å². The molecule has 0 atom stereocenters. The number of anilines is 2. The minimum absolute atomic E-state index is 0.681. The highest BCUT2D eigenvalue weighted by Gasteiger charge is 2.12. The molecule has 0 bridgehead atoms. The largest absolute Gasteiger partial charge is 0.399 e. The summed E-state index contributed by atoms with van der Waals surface area (Å²) in [4.78, 5) is 5.61. The van der Waals surface area contributed by atoms with Crippen molar-refractivity contribution in [1.82, 2.24) is 0 Å². The molecule has 1 aromatic rings. The van der Waals surface area contributed by atoms with Gasteiger partial charge in [-0.25, -0.2) is 0 Å². The minimum Gasteiger partial charge on any atom is -0.399 e. The Balaban J connectivity index is 3.16. The van der Waals surface area contributed by atoms with E-state index in [0.717, 1.165) is 29.9 Å². The molecular formula is C13H22N2O. The maximum Gasteiger partial charge on any atom is 0.0720 e. The molecular weight excluding hydrogens is 200 g/mol. The molecule has 1 rings (SSSR count). The summed E-state index contributed by atoms with van der Waals surface area (Å²) in [6, 6.07) is 3.99. The smallest absolute Gasteiger partial charge is 0.0720 e. The van der Waals surface area contributed by atoms with Crippen LogP contribution in [0.4, 0.5) is 11.4 Å². The van der Waals surface area contributed by atoms with E-state index >= 15 is 0 Å². The number of nitrogens with two attached hydrogens (primary N) is 1. The molecule has 0 radical (unpaired) electrons. The van der Waals surface area contributed by atoms with Crippen LogP contribution in [0.3, 0.4) is 0 Å². The number of hydrogen-bond acceptors (Lipinski definition) is 3. The average molecular weight is 222 g/mol. The summed E-state index contributed by atoms with van der Waals surface area (Å²) in [6.45, 7) is 9.81. The first-order valence-electron chi connectivity index (χ1n) is 5.94. The summed E-state index contributed by atoms with van der Waals surface area (Å²) in [7, 11) is 0. The zero-order valence-corrected chi connectivity index (χ0v) is 10.7. The number of hydroxylamine groups is 1. The fourth-order valence-corrected chi connectivity index (χ4v) is 1.93. The summed E-state index contributed by atoms with van der Waals surface area (Å²) in [5.74, 6) is 0. The van der Waals surface area contributed by atoms with Gasteiger partial charge in [-0.1, -0.05) is 6.92 Å². The molecule has 0 aliphatic rings. The van der Waals surface area contributed by atoms with Crippen molar-refractivity contribution in [2.24, 2.45) is 0 Å². The van der Waals surface area contributed by atoms with Crippen molar-refractivity contribution in [2.45, 2.75) is 34.1 Å². The van der Waals surface area contributed by atoms with Gasteiger partial charge in [-0.3, -0.25) is 9.90 Å². The van der Waals surface area contributed by atoms with Crippen LogP contribution in [0.15, 0.2) is 12.1 Å². The maximum atomic E-state index is 5.92. The Labute approximate surface area is 98.2 Å². The first-order chi connectivity index (χ1) is 7.65. The Bertz CT molecular complexity index is 350. The van der Waals surface area contributed by atoms with Crippen molar-refractivity contribution >= 4 is 11.4 Å². The van der Waals surface area contributed by atoms with E-state index in [2.05, 4.69) is 20.8 Å². The van der Waals surface area contributed by atoms with Gasteiger partial charge in [0, 0.05) is 12.2 Å². The van der Waals surface area contributed by atoms with Crippen molar-refractivity contribution < 1.29 is 4.84 Å². The second-order valence-electron chi connectivity index (χ2n) is 3.74. The number of benzene rings is 1. The summed E-state index contributed by atoms with van der Waals surface area (Å²) >= 11 is 0. The number of nitrogens with zero attached hydrogens (tertiary/aromatic N) is 1. The molecule has 0 saturated carbocycles. The van der Waals surface area contributed by atoms with Crippen LogP contribution in [-0.4, -0.2) is 13.2 Å². The van der Waals surface area contributed by atoms with Crippen molar-refractivity contribution in [3.05, 3.63) is 23.3 Å². The minimum atomic E-state index is 0.681. The Hall–Kier alpha value is -1.22. The van der Waals surface area contributed by atoms with E-state index in [0.29, 0.717) is 6.61 Å². The van der Waals surface area contributed by atoms with E-state index in [-0.39, 0.29) is 0 Å². The molecule has 0 amide bonds. The first-order valence-corrected chi connectivity index (χ1v) is 5.94. The number of rotatable bonds is 5. The van der Waals surface area contributed by atoms with Crippen LogP contribution in [0.25, 0.3) is 0 Å². The third kappa shape index (κ3) is 2.47. The molecule has 16 heavy (non-hydrogen) atoms. The molecule has 0 spiro atoms. The number of nitrogen functional groups attached to an aromatic ring is 1. The van der Waals surface area contributed by atoms with E-state index < -0.39 is 0 Å². The molecule has 90 valence electrons. The lowest BCUT2D eigenvalue weighted by atomic mass is 10.0. The molecule has 3 heteroatoms. The standard InChI is InChI=1S/C13H22N2O/c1-5-11-10(4)12(14)8-9-13(11)15(6-2)16-7-3/h8-9H,5-7,14H2,1-4H3. The summed E-state index contributed by atoms with van der Waals surface area (Å²) in [5, 5.41) is 1.94. The van der Waals surface area contributed by atoms with Crippen molar-refractivity contribution in [3.63, 3.8) is 0 Å². The van der Waals surface area contributed by atoms with Crippen LogP contribution < -0.4 is 10.8 Å². The molecule has 0 heterocycles. The van der Waals surface area contributed by atoms with Gasteiger partial charge in [0.25, 0.3) is 0 Å². The molecule has 0 aliphatic carbocycles. The van der Waals surface area contributed by atoms with Gasteiger partial charge >= 0.3 is 0 Å². The fourth-order valence-electron chi connectivity index (χ4n) is 1.93. The van der Waals surface area contributed by atoms with Crippen LogP contribution in [0.2, 0.25) is 0 Å². The van der Waals surface area contributed by atoms with E-state index in [1.165, 1.54) is 5.56 Å². The van der Waals surface area contributed by atoms with Gasteiger partial charge in [0.05, 0.1) is 12.3 Å². The van der Waals surface area contributed by atoms with Crippen molar-refractivity contribution in [1.29, 1.82) is 0 Å². The summed E-state index contributed by atoms with van der Waals surface area (Å²) in [5.41, 5.74) is 10.4. The molecule has 2 N–H and O–H groups in total. The van der Waals surface area contributed by atoms with Crippen molar-refractivity contribution in [2.75, 3.05) is 23.9 Å². The van der Waals surface area contributed by atoms with E-state index in [9.17, 15) is 0 Å². The highest BCUT2D eigenvalue weighted by atomic mass is 16.7. The zero-order valence-electron chi connectivity index (χ0n) is 10.7. The van der Waals surface area contributed by atoms with E-state index in [1.807, 2.05) is 24.1 Å². The molecule has 0 unspecified atom stereocenters. The summed E-state index contributed by atoms with van der Waals surface area (Å²) < 4.78 is 0. The first kappa shape index (κ1) is 12.8. The van der Waals surface area contributed by atoms with Crippen LogP contribution in [0, 0.1) is 6.92 Å². The Morgan fingerprint density at radius 1 is 1.25 bits per heavy atom. The molecule has 1 aromatic carbocycles. The highest BCUT2D eigenvalue weighted by molar-refractivity contribution is 5.63. The second-order valence-corrected chi connectivity index (χ2v) is 3.74. The third-order valence-electron chi connectivity index (χ3n) is 2.81. The SMILES string of the molecule is CCON(CC)c1ccc(N)c(C)c1CC. The Kier molecular flexibility index (Phi) is 4.62. The molecule has 3 nitrogen and oxygen atoms in total. The Morgan fingerprint density at radius 3 is 2.44 bits per heavy atom. The van der Waals surface area contributed by atoms with Gasteiger partial charge in [0.1, 0.15) is 0 Å². The lowest BCUT2D eigenvalue weighted by molar-refractivity contribution is 0.122. The Morgan fingerprint density at radius 2 is 1.94 bits per heavy atom. The van der Waals surface area contributed by atoms with Crippen LogP contribution in [-0.2, 0) is 11.3 Å². The van der Waals surface area contributed by atoms with E-state index in [1.54, 1.807) is 0 Å². The highest BCUT2D eigenvalue weighted by Crippen LogP contribution is 2.28. The average Bonchev–Trinajstić information content (AvgIpc) is 2.29. The van der Waals surface area contributed by atoms with Crippen LogP contribution in [0.1, 0.15) is 31.9 Å². The van der Waals surface area contributed by atoms with Crippen LogP contribution >= 0.6 is 0 Å². The van der Waals surface area contributed by atoms with Crippen molar-refractivity contribution in [3.8, 4) is 0 Å². The van der Waals surface area contributed by atoms with Gasteiger partial charge in [0.15, 0.2) is 0 Å². The lowest BCUT2D eigenvalue weighted by Gasteiger charge is -2.25. The second kappa shape index (κ2) is 5.75. The predicted octanol–water partition coefficient (Wildman–Crippen LogP) is 2.92. The molecule has 0 saturated heterocycles.